The van der Waals surface area contributed by atoms with Crippen molar-refractivity contribution in [2.75, 3.05) is 0 Å². The van der Waals surface area contributed by atoms with Crippen LogP contribution in [-0.4, -0.2) is 14.5 Å². The Labute approximate surface area is 102 Å². The highest BCUT2D eigenvalue weighted by molar-refractivity contribution is 7.89. The first kappa shape index (κ1) is 13.7. The van der Waals surface area contributed by atoms with Gasteiger partial charge in [-0.3, -0.25) is 0 Å². The minimum Gasteiger partial charge on any atom is -0.326 e. The highest BCUT2D eigenvalue weighted by Crippen LogP contribution is 2.11. The minimum atomic E-state index is -3.49. The molecule has 1 unspecified atom stereocenters. The molecule has 0 fully saturated rings. The number of benzene rings is 1. The van der Waals surface area contributed by atoms with Crippen molar-refractivity contribution in [1.29, 1.82) is 0 Å². The molecular formula is C12H16N2O2S. The third-order valence-corrected chi connectivity index (χ3v) is 3.86. The zero-order valence-corrected chi connectivity index (χ0v) is 10.5. The van der Waals surface area contributed by atoms with Crippen LogP contribution in [0.25, 0.3) is 0 Å². The van der Waals surface area contributed by atoms with Crippen molar-refractivity contribution in [3.05, 3.63) is 29.8 Å². The molecule has 0 aromatic heterocycles. The normalized spacial score (nSPS) is 13.0. The van der Waals surface area contributed by atoms with Crippen molar-refractivity contribution < 1.29 is 8.42 Å². The van der Waals surface area contributed by atoms with E-state index in [-0.39, 0.29) is 10.9 Å². The molecule has 0 radical (unpaired) electrons. The van der Waals surface area contributed by atoms with Crippen LogP contribution >= 0.6 is 0 Å². The molecule has 0 bridgehead atoms. The number of hydrogen-bond acceptors (Lipinski definition) is 3. The van der Waals surface area contributed by atoms with Gasteiger partial charge in [0.2, 0.25) is 10.0 Å². The summed E-state index contributed by atoms with van der Waals surface area (Å²) in [6, 6.07) is 6.18. The second-order valence-electron chi connectivity index (χ2n) is 3.78. The van der Waals surface area contributed by atoms with Crippen molar-refractivity contribution in [3.63, 3.8) is 0 Å². The van der Waals surface area contributed by atoms with Crippen molar-refractivity contribution in [1.82, 2.24) is 4.72 Å². The first-order valence-electron chi connectivity index (χ1n) is 5.24. The molecule has 1 aromatic carbocycles. The zero-order valence-electron chi connectivity index (χ0n) is 9.68. The van der Waals surface area contributed by atoms with Crippen LogP contribution in [0.1, 0.15) is 18.9 Å². The summed E-state index contributed by atoms with van der Waals surface area (Å²) in [5.41, 5.74) is 6.33. The minimum absolute atomic E-state index is 0.221. The quantitative estimate of drug-likeness (QED) is 0.763. The Kier molecular flexibility index (Phi) is 4.70. The molecule has 0 heterocycles. The third kappa shape index (κ3) is 3.86. The summed E-state index contributed by atoms with van der Waals surface area (Å²) in [5, 5.41) is 0. The second kappa shape index (κ2) is 5.82. The van der Waals surface area contributed by atoms with Gasteiger partial charge in [-0.05, 0) is 24.6 Å². The summed E-state index contributed by atoms with van der Waals surface area (Å²) in [6.45, 7) is 2.12. The van der Waals surface area contributed by atoms with Gasteiger partial charge in [0.15, 0.2) is 0 Å². The molecule has 1 atom stereocenters. The molecule has 5 heteroatoms. The van der Waals surface area contributed by atoms with E-state index >= 15 is 0 Å². The van der Waals surface area contributed by atoms with Crippen LogP contribution in [0.15, 0.2) is 29.2 Å². The lowest BCUT2D eigenvalue weighted by Crippen LogP contribution is -2.32. The Morgan fingerprint density at radius 3 is 2.47 bits per heavy atom. The van der Waals surface area contributed by atoms with Crippen LogP contribution in [0.2, 0.25) is 0 Å². The largest absolute Gasteiger partial charge is 0.326 e. The molecule has 92 valence electrons. The summed E-state index contributed by atoms with van der Waals surface area (Å²) in [6.07, 6.45) is 5.49. The van der Waals surface area contributed by atoms with E-state index in [1.165, 1.54) is 12.1 Å². The molecule has 0 amide bonds. The number of hydrogen-bond donors (Lipinski definition) is 2. The molecule has 1 aromatic rings. The highest BCUT2D eigenvalue weighted by Gasteiger charge is 2.16. The monoisotopic (exact) mass is 252 g/mol. The van der Waals surface area contributed by atoms with E-state index in [0.717, 1.165) is 5.56 Å². The second-order valence-corrected chi connectivity index (χ2v) is 5.49. The first-order valence-corrected chi connectivity index (χ1v) is 6.72. The molecule has 0 saturated carbocycles. The maximum absolute atomic E-state index is 11.9. The zero-order chi connectivity index (χ0) is 12.9. The number of nitrogens with two attached hydrogens (primary N) is 1. The van der Waals surface area contributed by atoms with Crippen molar-refractivity contribution >= 4 is 10.0 Å². The van der Waals surface area contributed by atoms with E-state index in [1.807, 2.05) is 0 Å². The fraction of sp³-hybridized carbons (Fsp3) is 0.333. The fourth-order valence-electron chi connectivity index (χ4n) is 1.36. The van der Waals surface area contributed by atoms with Crippen LogP contribution in [0.5, 0.6) is 0 Å². The van der Waals surface area contributed by atoms with E-state index in [4.69, 9.17) is 12.2 Å². The van der Waals surface area contributed by atoms with Crippen molar-refractivity contribution in [2.45, 2.75) is 30.8 Å². The molecule has 0 aliphatic heterocycles. The van der Waals surface area contributed by atoms with Gasteiger partial charge in [-0.1, -0.05) is 12.1 Å². The fourth-order valence-corrected chi connectivity index (χ4v) is 2.60. The van der Waals surface area contributed by atoms with Gasteiger partial charge in [0.05, 0.1) is 4.90 Å². The lowest BCUT2D eigenvalue weighted by atomic mass is 10.2. The van der Waals surface area contributed by atoms with Gasteiger partial charge in [-0.25, -0.2) is 13.1 Å². The van der Waals surface area contributed by atoms with Crippen molar-refractivity contribution in [2.24, 2.45) is 5.73 Å². The SMILES string of the molecule is C#CCC(C)NS(=O)(=O)c1ccc(CN)cc1. The summed E-state index contributed by atoms with van der Waals surface area (Å²) < 4.78 is 26.3. The number of sulfonamides is 1. The maximum atomic E-state index is 11.9. The maximum Gasteiger partial charge on any atom is 0.240 e. The molecular weight excluding hydrogens is 236 g/mol. The Morgan fingerprint density at radius 1 is 1.41 bits per heavy atom. The van der Waals surface area contributed by atoms with Crippen LogP contribution in [-0.2, 0) is 16.6 Å². The lowest BCUT2D eigenvalue weighted by molar-refractivity contribution is 0.563. The van der Waals surface area contributed by atoms with E-state index in [0.29, 0.717) is 13.0 Å². The Hall–Kier alpha value is -1.35. The molecule has 0 aliphatic carbocycles. The molecule has 0 aliphatic rings. The predicted molar refractivity (Wildman–Crippen MR) is 67.6 cm³/mol. The lowest BCUT2D eigenvalue weighted by Gasteiger charge is -2.11. The Morgan fingerprint density at radius 2 is 2.00 bits per heavy atom. The van der Waals surface area contributed by atoms with E-state index in [1.54, 1.807) is 19.1 Å². The smallest absolute Gasteiger partial charge is 0.240 e. The summed E-state index contributed by atoms with van der Waals surface area (Å²) in [7, 11) is -3.49. The van der Waals surface area contributed by atoms with E-state index in [9.17, 15) is 8.42 Å². The standard InChI is InChI=1S/C12H16N2O2S/c1-3-4-10(2)14-17(15,16)12-7-5-11(9-13)6-8-12/h1,5-8,10,14H,4,9,13H2,2H3. The van der Waals surface area contributed by atoms with Gasteiger partial charge in [0.1, 0.15) is 0 Å². The molecule has 0 saturated heterocycles. The van der Waals surface area contributed by atoms with Gasteiger partial charge in [-0.15, -0.1) is 12.3 Å². The number of rotatable bonds is 5. The van der Waals surface area contributed by atoms with Gasteiger partial charge in [-0.2, -0.15) is 0 Å². The summed E-state index contributed by atoms with van der Waals surface area (Å²) in [4.78, 5) is 0.221. The van der Waals surface area contributed by atoms with Gasteiger partial charge in [0.25, 0.3) is 0 Å². The summed E-state index contributed by atoms with van der Waals surface area (Å²) >= 11 is 0. The third-order valence-electron chi connectivity index (χ3n) is 2.25. The van der Waals surface area contributed by atoms with Crippen LogP contribution in [0.4, 0.5) is 0 Å². The Bertz CT molecular complexity index is 500. The average Bonchev–Trinajstić information content (AvgIpc) is 2.28. The average molecular weight is 252 g/mol. The molecule has 3 N–H and O–H groups in total. The Balaban J connectivity index is 2.86. The van der Waals surface area contributed by atoms with E-state index in [2.05, 4.69) is 10.6 Å². The number of terminal acetylenes is 1. The predicted octanol–water partition coefficient (Wildman–Crippen LogP) is 0.835. The molecule has 0 spiro atoms. The van der Waals surface area contributed by atoms with E-state index < -0.39 is 10.0 Å². The van der Waals surface area contributed by atoms with Crippen LogP contribution in [0.3, 0.4) is 0 Å². The molecule has 17 heavy (non-hydrogen) atoms. The molecule has 1 rings (SSSR count). The first-order chi connectivity index (χ1) is 7.99. The van der Waals surface area contributed by atoms with Crippen LogP contribution < -0.4 is 10.5 Å². The van der Waals surface area contributed by atoms with Gasteiger partial charge in [0, 0.05) is 19.0 Å². The topological polar surface area (TPSA) is 72.2 Å². The van der Waals surface area contributed by atoms with Crippen molar-refractivity contribution in [3.8, 4) is 12.3 Å². The summed E-state index contributed by atoms with van der Waals surface area (Å²) in [5.74, 6) is 2.42. The molecule has 4 nitrogen and oxygen atoms in total. The highest BCUT2D eigenvalue weighted by atomic mass is 32.2. The number of nitrogens with one attached hydrogen (secondary N) is 1. The van der Waals surface area contributed by atoms with Crippen LogP contribution in [0, 0.1) is 12.3 Å². The van der Waals surface area contributed by atoms with Gasteiger partial charge >= 0.3 is 0 Å². The van der Waals surface area contributed by atoms with Gasteiger partial charge < -0.3 is 5.73 Å².